The number of nitrogens with zero attached hydrogens (tertiary/aromatic N) is 3. The summed E-state index contributed by atoms with van der Waals surface area (Å²) in [5, 5.41) is 14.8. The van der Waals surface area contributed by atoms with E-state index in [0.29, 0.717) is 22.5 Å². The number of carbonyl (C=O) groups is 1. The molecular formula is C21H19FN4O2. The summed E-state index contributed by atoms with van der Waals surface area (Å²) in [6, 6.07) is 11.3. The standard InChI is InChI=1S/C21H19FN4O2/c1-13-3-5-20(23-10-13)16-7-15(11-25-28)8-17(9-16)21(27)26-14(2)19-6-4-18(22)12-24-19/h3-12,14,28H,1-2H3,(H,26,27)/t14-/m1/s1. The van der Waals surface area contributed by atoms with Gasteiger partial charge in [-0.2, -0.15) is 0 Å². The number of carbonyl (C=O) groups excluding carboxylic acids is 1. The Morgan fingerprint density at radius 3 is 2.64 bits per heavy atom. The summed E-state index contributed by atoms with van der Waals surface area (Å²) >= 11 is 0. The second-order valence-corrected chi connectivity index (χ2v) is 6.41. The molecule has 0 fully saturated rings. The zero-order valence-corrected chi connectivity index (χ0v) is 15.4. The second-order valence-electron chi connectivity index (χ2n) is 6.41. The van der Waals surface area contributed by atoms with Crippen LogP contribution in [0.5, 0.6) is 0 Å². The van der Waals surface area contributed by atoms with Gasteiger partial charge in [0.15, 0.2) is 0 Å². The fourth-order valence-corrected chi connectivity index (χ4v) is 2.71. The summed E-state index contributed by atoms with van der Waals surface area (Å²) in [4.78, 5) is 21.1. The third-order valence-corrected chi connectivity index (χ3v) is 4.17. The smallest absolute Gasteiger partial charge is 0.251 e. The third kappa shape index (κ3) is 4.56. The number of pyridine rings is 2. The molecule has 0 aliphatic rings. The number of oxime groups is 1. The van der Waals surface area contributed by atoms with E-state index < -0.39 is 11.9 Å². The number of hydrogen-bond acceptors (Lipinski definition) is 5. The minimum atomic E-state index is -0.437. The first-order valence-electron chi connectivity index (χ1n) is 8.64. The Morgan fingerprint density at radius 1 is 1.18 bits per heavy atom. The van der Waals surface area contributed by atoms with Crippen LogP contribution in [0, 0.1) is 12.7 Å². The number of amides is 1. The summed E-state index contributed by atoms with van der Waals surface area (Å²) in [7, 11) is 0. The van der Waals surface area contributed by atoms with E-state index in [9.17, 15) is 9.18 Å². The van der Waals surface area contributed by atoms with E-state index in [4.69, 9.17) is 5.21 Å². The first-order valence-corrected chi connectivity index (χ1v) is 8.64. The van der Waals surface area contributed by atoms with Gasteiger partial charge in [-0.3, -0.25) is 14.8 Å². The van der Waals surface area contributed by atoms with Crippen molar-refractivity contribution in [3.63, 3.8) is 0 Å². The minimum Gasteiger partial charge on any atom is -0.411 e. The van der Waals surface area contributed by atoms with Gasteiger partial charge in [0.2, 0.25) is 0 Å². The SMILES string of the molecule is Cc1ccc(-c2cc(C=NO)cc(C(=O)N[C@H](C)c3ccc(F)cn3)c2)nc1. The summed E-state index contributed by atoms with van der Waals surface area (Å²) in [5.74, 6) is -0.770. The van der Waals surface area contributed by atoms with E-state index in [1.54, 1.807) is 31.3 Å². The molecule has 3 aromatic rings. The fourth-order valence-electron chi connectivity index (χ4n) is 2.71. The molecule has 0 bridgehead atoms. The lowest BCUT2D eigenvalue weighted by atomic mass is 10.0. The lowest BCUT2D eigenvalue weighted by molar-refractivity contribution is 0.0939. The highest BCUT2D eigenvalue weighted by Gasteiger charge is 2.15. The highest BCUT2D eigenvalue weighted by atomic mass is 19.1. The molecule has 0 saturated heterocycles. The predicted molar refractivity (Wildman–Crippen MR) is 104 cm³/mol. The number of rotatable bonds is 5. The monoisotopic (exact) mass is 378 g/mol. The maximum absolute atomic E-state index is 13.0. The summed E-state index contributed by atoms with van der Waals surface area (Å²) in [6.07, 6.45) is 4.10. The Kier molecular flexibility index (Phi) is 5.74. The molecule has 0 saturated carbocycles. The number of halogens is 1. The molecule has 1 amide bonds. The van der Waals surface area contributed by atoms with Gasteiger partial charge in [0, 0.05) is 17.3 Å². The number of benzene rings is 1. The molecule has 0 spiro atoms. The lowest BCUT2D eigenvalue weighted by Gasteiger charge is -2.14. The molecule has 1 aromatic carbocycles. The van der Waals surface area contributed by atoms with Crippen LogP contribution >= 0.6 is 0 Å². The van der Waals surface area contributed by atoms with E-state index in [-0.39, 0.29) is 5.91 Å². The minimum absolute atomic E-state index is 0.333. The van der Waals surface area contributed by atoms with Crippen molar-refractivity contribution in [1.29, 1.82) is 0 Å². The quantitative estimate of drug-likeness (QED) is 0.401. The van der Waals surface area contributed by atoms with Gasteiger partial charge < -0.3 is 10.5 Å². The number of aromatic nitrogens is 2. The van der Waals surface area contributed by atoms with Gasteiger partial charge in [0.05, 0.1) is 29.8 Å². The zero-order chi connectivity index (χ0) is 20.1. The Morgan fingerprint density at radius 2 is 2.00 bits per heavy atom. The van der Waals surface area contributed by atoms with Crippen molar-refractivity contribution in [2.75, 3.05) is 0 Å². The van der Waals surface area contributed by atoms with Crippen molar-refractivity contribution in [1.82, 2.24) is 15.3 Å². The first-order chi connectivity index (χ1) is 13.5. The second kappa shape index (κ2) is 8.39. The Balaban J connectivity index is 1.90. The van der Waals surface area contributed by atoms with Crippen LogP contribution in [0.15, 0.2) is 60.0 Å². The molecule has 2 N–H and O–H groups in total. The molecular weight excluding hydrogens is 359 g/mol. The van der Waals surface area contributed by atoms with E-state index >= 15 is 0 Å². The maximum Gasteiger partial charge on any atom is 0.251 e. The molecule has 2 heterocycles. The maximum atomic E-state index is 13.0. The Hall–Kier alpha value is -3.61. The summed E-state index contributed by atoms with van der Waals surface area (Å²) < 4.78 is 13.0. The van der Waals surface area contributed by atoms with Gasteiger partial charge in [-0.1, -0.05) is 11.2 Å². The van der Waals surface area contributed by atoms with Crippen molar-refractivity contribution in [3.8, 4) is 11.3 Å². The topological polar surface area (TPSA) is 87.5 Å². The lowest BCUT2D eigenvalue weighted by Crippen LogP contribution is -2.27. The Bertz CT molecular complexity index is 1000. The van der Waals surface area contributed by atoms with Crippen molar-refractivity contribution in [2.45, 2.75) is 19.9 Å². The fraction of sp³-hybridized carbons (Fsp3) is 0.143. The molecule has 2 aromatic heterocycles. The van der Waals surface area contributed by atoms with Gasteiger partial charge in [0.1, 0.15) is 5.82 Å². The van der Waals surface area contributed by atoms with E-state index in [2.05, 4.69) is 20.4 Å². The van der Waals surface area contributed by atoms with Crippen LogP contribution in [0.4, 0.5) is 4.39 Å². The normalized spacial score (nSPS) is 12.1. The molecule has 6 nitrogen and oxygen atoms in total. The summed E-state index contributed by atoms with van der Waals surface area (Å²) in [6.45, 7) is 3.70. The van der Waals surface area contributed by atoms with Crippen LogP contribution in [-0.2, 0) is 0 Å². The zero-order valence-electron chi connectivity index (χ0n) is 15.4. The van der Waals surface area contributed by atoms with Crippen molar-refractivity contribution < 1.29 is 14.4 Å². The van der Waals surface area contributed by atoms with Crippen LogP contribution in [0.3, 0.4) is 0 Å². The third-order valence-electron chi connectivity index (χ3n) is 4.17. The van der Waals surface area contributed by atoms with E-state index in [1.165, 1.54) is 18.3 Å². The van der Waals surface area contributed by atoms with Gasteiger partial charge in [0.25, 0.3) is 5.91 Å². The highest BCUT2D eigenvalue weighted by molar-refractivity contribution is 5.98. The molecule has 0 radical (unpaired) electrons. The van der Waals surface area contributed by atoms with Crippen molar-refractivity contribution in [2.24, 2.45) is 5.16 Å². The average Bonchev–Trinajstić information content (AvgIpc) is 2.69. The van der Waals surface area contributed by atoms with Crippen LogP contribution in [0.2, 0.25) is 0 Å². The largest absolute Gasteiger partial charge is 0.411 e. The van der Waals surface area contributed by atoms with Gasteiger partial charge in [-0.25, -0.2) is 4.39 Å². The molecule has 3 rings (SSSR count). The predicted octanol–water partition coefficient (Wildman–Crippen LogP) is 3.89. The van der Waals surface area contributed by atoms with Crippen LogP contribution in [0.25, 0.3) is 11.3 Å². The first kappa shape index (κ1) is 19.2. The van der Waals surface area contributed by atoms with Crippen LogP contribution in [-0.4, -0.2) is 27.3 Å². The molecule has 142 valence electrons. The van der Waals surface area contributed by atoms with Crippen molar-refractivity contribution >= 4 is 12.1 Å². The van der Waals surface area contributed by atoms with Crippen LogP contribution in [0.1, 0.15) is 40.1 Å². The molecule has 1 atom stereocenters. The number of nitrogens with one attached hydrogen (secondary N) is 1. The van der Waals surface area contributed by atoms with Crippen LogP contribution < -0.4 is 5.32 Å². The molecule has 7 heteroatoms. The number of hydrogen-bond donors (Lipinski definition) is 2. The summed E-state index contributed by atoms with van der Waals surface area (Å²) in [5.41, 5.74) is 3.92. The molecule has 0 aliphatic heterocycles. The highest BCUT2D eigenvalue weighted by Crippen LogP contribution is 2.21. The number of aryl methyl sites for hydroxylation is 1. The van der Waals surface area contributed by atoms with Gasteiger partial charge in [-0.15, -0.1) is 0 Å². The average molecular weight is 378 g/mol. The molecule has 0 unspecified atom stereocenters. The molecule has 28 heavy (non-hydrogen) atoms. The van der Waals surface area contributed by atoms with Crippen molar-refractivity contribution in [3.05, 3.63) is 83.1 Å². The van der Waals surface area contributed by atoms with Gasteiger partial charge in [-0.05, 0) is 61.4 Å². The molecule has 0 aliphatic carbocycles. The van der Waals surface area contributed by atoms with E-state index in [0.717, 1.165) is 17.3 Å². The van der Waals surface area contributed by atoms with Gasteiger partial charge >= 0.3 is 0 Å². The van der Waals surface area contributed by atoms with E-state index in [1.807, 2.05) is 19.1 Å². The Labute approximate surface area is 161 Å².